The zero-order chi connectivity index (χ0) is 18.6. The average Bonchev–Trinajstić information content (AvgIpc) is 2.91. The van der Waals surface area contributed by atoms with Gasteiger partial charge in [-0.2, -0.15) is 0 Å². The molecule has 2 heterocycles. The zero-order valence-electron chi connectivity index (χ0n) is 13.8. The molecule has 0 spiro atoms. The molecule has 0 aromatic carbocycles. The minimum absolute atomic E-state index is 0.138. The second-order valence-corrected chi connectivity index (χ2v) is 5.93. The van der Waals surface area contributed by atoms with Gasteiger partial charge in [0.25, 0.3) is 5.91 Å². The van der Waals surface area contributed by atoms with Crippen LogP contribution in [0.3, 0.4) is 0 Å². The van der Waals surface area contributed by atoms with E-state index in [-0.39, 0.29) is 35.9 Å². The quantitative estimate of drug-likeness (QED) is 0.595. The number of nitrogens with zero attached hydrogens (tertiary/aromatic N) is 3. The normalized spacial score (nSPS) is 17.6. The molecule has 2 rings (SSSR count). The van der Waals surface area contributed by atoms with Gasteiger partial charge in [-0.3, -0.25) is 14.4 Å². The lowest BCUT2D eigenvalue weighted by atomic mass is 10.1. The van der Waals surface area contributed by atoms with E-state index in [9.17, 15) is 24.5 Å². The number of rotatable bonds is 5. The number of aromatic amines is 1. The third kappa shape index (κ3) is 4.55. The van der Waals surface area contributed by atoms with Crippen molar-refractivity contribution in [3.05, 3.63) is 27.9 Å². The second kappa shape index (κ2) is 7.77. The Balaban J connectivity index is 2.04. The molecule has 0 bridgehead atoms. The highest BCUT2D eigenvalue weighted by Gasteiger charge is 2.29. The maximum Gasteiger partial charge on any atom is 0.323 e. The Bertz CT molecular complexity index is 685. The fourth-order valence-corrected chi connectivity index (χ4v) is 3.02. The number of carbonyl (C=O) groups excluding carboxylic acids is 2. The number of carboxylic acid groups (broad SMARTS) is 1. The van der Waals surface area contributed by atoms with Crippen molar-refractivity contribution in [3.63, 3.8) is 0 Å². The molecular formula is C15H20N4O6. The number of carbonyl (C=O) groups is 3. The van der Waals surface area contributed by atoms with Crippen LogP contribution in [0.5, 0.6) is 0 Å². The van der Waals surface area contributed by atoms with Crippen molar-refractivity contribution in [1.82, 2.24) is 14.8 Å². The van der Waals surface area contributed by atoms with Crippen molar-refractivity contribution in [2.75, 3.05) is 19.6 Å². The standard InChI is InChI=1S/C15H20N4O6/c1-10(20)18(9-14(21)22)11-3-2-7-17(8-6-11)15(23)12-4-5-13(16-12)19(24)25/h4-5,11,16H,2-3,6-9H2,1H3,(H,21,22). The number of nitro groups is 1. The van der Waals surface area contributed by atoms with E-state index in [0.717, 1.165) is 0 Å². The molecule has 0 aliphatic carbocycles. The van der Waals surface area contributed by atoms with E-state index in [1.54, 1.807) is 4.90 Å². The van der Waals surface area contributed by atoms with Gasteiger partial charge in [0.05, 0.1) is 0 Å². The highest BCUT2D eigenvalue weighted by atomic mass is 16.6. The van der Waals surface area contributed by atoms with Gasteiger partial charge in [-0.1, -0.05) is 0 Å². The molecule has 0 saturated carbocycles. The van der Waals surface area contributed by atoms with Crippen molar-refractivity contribution >= 4 is 23.6 Å². The second-order valence-electron chi connectivity index (χ2n) is 5.93. The number of aromatic nitrogens is 1. The van der Waals surface area contributed by atoms with Gasteiger partial charge in [0.15, 0.2) is 5.69 Å². The minimum Gasteiger partial charge on any atom is -0.480 e. The summed E-state index contributed by atoms with van der Waals surface area (Å²) in [4.78, 5) is 50.6. The lowest BCUT2D eigenvalue weighted by Crippen LogP contribution is -2.43. The van der Waals surface area contributed by atoms with Crippen LogP contribution >= 0.6 is 0 Å². The first-order valence-electron chi connectivity index (χ1n) is 7.91. The number of carboxylic acids is 1. The molecule has 1 aliphatic rings. The van der Waals surface area contributed by atoms with Gasteiger partial charge < -0.3 is 25.0 Å². The summed E-state index contributed by atoms with van der Waals surface area (Å²) in [6, 6.07) is 2.36. The summed E-state index contributed by atoms with van der Waals surface area (Å²) in [7, 11) is 0. The van der Waals surface area contributed by atoms with E-state index in [0.29, 0.717) is 32.4 Å². The van der Waals surface area contributed by atoms with Crippen LogP contribution in [0.25, 0.3) is 0 Å². The first-order valence-corrected chi connectivity index (χ1v) is 7.91. The van der Waals surface area contributed by atoms with Crippen LogP contribution in [-0.2, 0) is 9.59 Å². The Hall–Kier alpha value is -2.91. The maximum absolute atomic E-state index is 12.5. The number of H-pyrrole nitrogens is 1. The lowest BCUT2D eigenvalue weighted by molar-refractivity contribution is -0.389. The summed E-state index contributed by atoms with van der Waals surface area (Å²) in [6.45, 7) is 1.76. The average molecular weight is 352 g/mol. The smallest absolute Gasteiger partial charge is 0.323 e. The highest BCUT2D eigenvalue weighted by Crippen LogP contribution is 2.19. The molecule has 136 valence electrons. The van der Waals surface area contributed by atoms with E-state index in [2.05, 4.69) is 4.98 Å². The van der Waals surface area contributed by atoms with Crippen molar-refractivity contribution in [3.8, 4) is 0 Å². The van der Waals surface area contributed by atoms with E-state index in [1.165, 1.54) is 24.0 Å². The lowest BCUT2D eigenvalue weighted by Gasteiger charge is -2.28. The van der Waals surface area contributed by atoms with Gasteiger partial charge in [-0.15, -0.1) is 0 Å². The van der Waals surface area contributed by atoms with Crippen LogP contribution in [0.15, 0.2) is 12.1 Å². The number of hydrogen-bond donors (Lipinski definition) is 2. The van der Waals surface area contributed by atoms with Crippen LogP contribution in [0.2, 0.25) is 0 Å². The largest absolute Gasteiger partial charge is 0.480 e. The number of aliphatic carboxylic acids is 1. The fraction of sp³-hybridized carbons (Fsp3) is 0.533. The molecule has 1 aromatic heterocycles. The van der Waals surface area contributed by atoms with Crippen LogP contribution < -0.4 is 0 Å². The molecular weight excluding hydrogens is 332 g/mol. The van der Waals surface area contributed by atoms with E-state index in [4.69, 9.17) is 5.11 Å². The van der Waals surface area contributed by atoms with Crippen molar-refractivity contribution in [2.24, 2.45) is 0 Å². The number of amides is 2. The minimum atomic E-state index is -1.08. The summed E-state index contributed by atoms with van der Waals surface area (Å²) in [6.07, 6.45) is 1.67. The topological polar surface area (TPSA) is 137 Å². The molecule has 10 heteroatoms. The van der Waals surface area contributed by atoms with Crippen LogP contribution in [-0.4, -0.2) is 68.3 Å². The number of likely N-dealkylation sites (tertiary alicyclic amines) is 1. The molecule has 1 saturated heterocycles. The number of nitrogens with one attached hydrogen (secondary N) is 1. The first-order chi connectivity index (χ1) is 11.8. The summed E-state index contributed by atoms with van der Waals surface area (Å²) >= 11 is 0. The van der Waals surface area contributed by atoms with Crippen molar-refractivity contribution in [1.29, 1.82) is 0 Å². The summed E-state index contributed by atoms with van der Waals surface area (Å²) in [5.74, 6) is -1.99. The first kappa shape index (κ1) is 18.4. The molecule has 2 amide bonds. The van der Waals surface area contributed by atoms with E-state index < -0.39 is 10.9 Å². The highest BCUT2D eigenvalue weighted by molar-refractivity contribution is 5.93. The molecule has 1 fully saturated rings. The summed E-state index contributed by atoms with van der Waals surface area (Å²) in [5.41, 5.74) is 0.138. The van der Waals surface area contributed by atoms with Gasteiger partial charge in [0, 0.05) is 32.1 Å². The molecule has 1 atom stereocenters. The SMILES string of the molecule is CC(=O)N(CC(=O)O)C1CCCN(C(=O)c2ccc([N+](=O)[O-])[nH]2)CC1. The monoisotopic (exact) mass is 352 g/mol. The molecule has 0 radical (unpaired) electrons. The van der Waals surface area contributed by atoms with Crippen LogP contribution in [0, 0.1) is 10.1 Å². The van der Waals surface area contributed by atoms with Gasteiger partial charge in [0.2, 0.25) is 5.91 Å². The van der Waals surface area contributed by atoms with E-state index >= 15 is 0 Å². The molecule has 2 N–H and O–H groups in total. The molecule has 1 aliphatic heterocycles. The Morgan fingerprint density at radius 2 is 2.08 bits per heavy atom. The van der Waals surface area contributed by atoms with Crippen LogP contribution in [0.4, 0.5) is 5.82 Å². The predicted octanol–water partition coefficient (Wildman–Crippen LogP) is 0.851. The molecule has 1 unspecified atom stereocenters. The molecule has 10 nitrogen and oxygen atoms in total. The van der Waals surface area contributed by atoms with Gasteiger partial charge in [0.1, 0.15) is 6.54 Å². The Labute approximate surface area is 143 Å². The predicted molar refractivity (Wildman–Crippen MR) is 86.0 cm³/mol. The summed E-state index contributed by atoms with van der Waals surface area (Å²) < 4.78 is 0. The third-order valence-corrected chi connectivity index (χ3v) is 4.23. The van der Waals surface area contributed by atoms with Crippen molar-refractivity contribution in [2.45, 2.75) is 32.2 Å². The third-order valence-electron chi connectivity index (χ3n) is 4.23. The van der Waals surface area contributed by atoms with Crippen molar-refractivity contribution < 1.29 is 24.4 Å². The fourth-order valence-electron chi connectivity index (χ4n) is 3.02. The molecule has 1 aromatic rings. The van der Waals surface area contributed by atoms with Gasteiger partial charge in [-0.05, 0) is 30.3 Å². The zero-order valence-corrected chi connectivity index (χ0v) is 13.8. The van der Waals surface area contributed by atoms with Gasteiger partial charge in [-0.25, -0.2) is 4.98 Å². The van der Waals surface area contributed by atoms with E-state index in [1.807, 2.05) is 0 Å². The van der Waals surface area contributed by atoms with Crippen LogP contribution in [0.1, 0.15) is 36.7 Å². The number of hydrogen-bond acceptors (Lipinski definition) is 5. The summed E-state index contributed by atoms with van der Waals surface area (Å²) in [5, 5.41) is 19.7. The maximum atomic E-state index is 12.5. The Morgan fingerprint density at radius 3 is 2.64 bits per heavy atom. The van der Waals surface area contributed by atoms with Gasteiger partial charge >= 0.3 is 11.8 Å². The Kier molecular flexibility index (Phi) is 5.73. The Morgan fingerprint density at radius 1 is 1.36 bits per heavy atom. The molecule has 25 heavy (non-hydrogen) atoms.